The number of ether oxygens (including phenoxy) is 2. The molecule has 59 heavy (non-hydrogen) atoms. The molecule has 0 aliphatic heterocycles. The largest absolute Gasteiger partial charge is 0.472 e. The van der Waals surface area contributed by atoms with Gasteiger partial charge in [-0.15, -0.1) is 0 Å². The zero-order valence-corrected chi connectivity index (χ0v) is 38.0. The normalized spacial score (nSPS) is 14.4. The molecule has 9 nitrogen and oxygen atoms in total. The Hall–Kier alpha value is -3.33. The third-order valence-electron chi connectivity index (χ3n) is 8.58. The fourth-order valence-electron chi connectivity index (χ4n) is 5.19. The molecule has 0 rings (SSSR count). The molecule has 0 saturated carbocycles. The van der Waals surface area contributed by atoms with E-state index in [1.54, 1.807) is 4.90 Å². The minimum absolute atomic E-state index is 0.0151. The second-order valence-corrected chi connectivity index (χ2v) is 15.9. The van der Waals surface area contributed by atoms with E-state index >= 15 is 0 Å². The maximum Gasteiger partial charge on any atom is 0.472 e. The average Bonchev–Trinajstić information content (AvgIpc) is 3.20. The van der Waals surface area contributed by atoms with Gasteiger partial charge < -0.3 is 19.3 Å². The highest BCUT2D eigenvalue weighted by Gasteiger charge is 2.26. The van der Waals surface area contributed by atoms with Gasteiger partial charge >= 0.3 is 19.8 Å². The van der Waals surface area contributed by atoms with Crippen molar-refractivity contribution in [1.29, 1.82) is 0 Å². The van der Waals surface area contributed by atoms with Crippen molar-refractivity contribution in [2.24, 2.45) is 0 Å². The van der Waals surface area contributed by atoms with Crippen LogP contribution in [-0.4, -0.2) is 68.3 Å². The van der Waals surface area contributed by atoms with Crippen LogP contribution in [0.2, 0.25) is 0 Å². The minimum atomic E-state index is -4.39. The highest BCUT2D eigenvalue weighted by Crippen LogP contribution is 2.43. The number of carbonyl (C=O) groups excluding carboxylic acids is 2. The number of esters is 2. The quantitative estimate of drug-likeness (QED) is 0.0280. The Morgan fingerprint density at radius 1 is 0.542 bits per heavy atom. The second kappa shape index (κ2) is 42.8. The van der Waals surface area contributed by atoms with Crippen molar-refractivity contribution in [2.75, 3.05) is 40.5 Å². The predicted octanol–water partition coefficient (Wildman–Crippen LogP) is 13.0. The number of likely N-dealkylation sites (N-methyl/N-ethyl adjacent to an activating group) is 1. The van der Waals surface area contributed by atoms with Gasteiger partial charge in [0.05, 0.1) is 13.2 Å². The van der Waals surface area contributed by atoms with Crippen LogP contribution in [0.15, 0.2) is 109 Å². The molecule has 1 N–H and O–H groups in total. The summed E-state index contributed by atoms with van der Waals surface area (Å²) < 4.78 is 33.4. The van der Waals surface area contributed by atoms with Crippen LogP contribution in [0.5, 0.6) is 0 Å². The molecule has 0 aromatic rings. The number of phosphoric ester groups is 1. The predicted molar refractivity (Wildman–Crippen MR) is 247 cm³/mol. The number of phosphoric acid groups is 1. The first-order chi connectivity index (χ1) is 28.7. The van der Waals surface area contributed by atoms with E-state index < -0.39 is 32.5 Å². The summed E-state index contributed by atoms with van der Waals surface area (Å²) in [5, 5.41) is 0. The van der Waals surface area contributed by atoms with Gasteiger partial charge in [-0.2, -0.15) is 0 Å². The van der Waals surface area contributed by atoms with Gasteiger partial charge in [-0.3, -0.25) is 18.6 Å². The van der Waals surface area contributed by atoms with Crippen LogP contribution in [0, 0.1) is 0 Å². The molecular weight excluding hydrogens is 762 g/mol. The van der Waals surface area contributed by atoms with Crippen LogP contribution in [0.25, 0.3) is 0 Å². The molecule has 0 aliphatic rings. The molecular formula is C49H80NO8P. The number of hydrogen-bond acceptors (Lipinski definition) is 8. The van der Waals surface area contributed by atoms with E-state index in [4.69, 9.17) is 18.5 Å². The fraction of sp³-hybridized carbons (Fsp3) is 0.592. The molecule has 0 radical (unpaired) electrons. The molecule has 2 atom stereocenters. The molecule has 0 fully saturated rings. The van der Waals surface area contributed by atoms with E-state index in [9.17, 15) is 19.0 Å². The van der Waals surface area contributed by atoms with Crippen LogP contribution >= 0.6 is 7.82 Å². The van der Waals surface area contributed by atoms with Crippen molar-refractivity contribution in [3.05, 3.63) is 109 Å². The highest BCUT2D eigenvalue weighted by molar-refractivity contribution is 7.47. The van der Waals surface area contributed by atoms with Crippen molar-refractivity contribution in [2.45, 2.75) is 148 Å². The summed E-state index contributed by atoms with van der Waals surface area (Å²) in [5.41, 5.74) is 0. The molecule has 10 heteroatoms. The van der Waals surface area contributed by atoms with Crippen LogP contribution < -0.4 is 0 Å². The number of allylic oxidation sites excluding steroid dienone is 18. The van der Waals surface area contributed by atoms with Gasteiger partial charge in [0.25, 0.3) is 0 Å². The lowest BCUT2D eigenvalue weighted by atomic mass is 10.1. The van der Waals surface area contributed by atoms with Gasteiger partial charge in [-0.05, 0) is 104 Å². The second-order valence-electron chi connectivity index (χ2n) is 14.5. The van der Waals surface area contributed by atoms with E-state index in [1.165, 1.54) is 25.7 Å². The lowest BCUT2D eigenvalue weighted by Gasteiger charge is -2.20. The first-order valence-corrected chi connectivity index (χ1v) is 23.7. The fourth-order valence-corrected chi connectivity index (χ4v) is 5.93. The molecule has 0 amide bonds. The monoisotopic (exact) mass is 842 g/mol. The van der Waals surface area contributed by atoms with Crippen molar-refractivity contribution >= 4 is 19.8 Å². The summed E-state index contributed by atoms with van der Waals surface area (Å²) in [6.07, 6.45) is 55.8. The Morgan fingerprint density at radius 2 is 1.00 bits per heavy atom. The zero-order valence-electron chi connectivity index (χ0n) is 37.1. The molecule has 0 aromatic carbocycles. The van der Waals surface area contributed by atoms with Crippen LogP contribution in [-0.2, 0) is 32.7 Å². The lowest BCUT2D eigenvalue weighted by molar-refractivity contribution is -0.161. The van der Waals surface area contributed by atoms with Gasteiger partial charge in [0.2, 0.25) is 0 Å². The number of unbranched alkanes of at least 4 members (excludes halogenated alkanes) is 7. The van der Waals surface area contributed by atoms with E-state index in [0.29, 0.717) is 19.4 Å². The molecule has 0 spiro atoms. The molecule has 0 heterocycles. The van der Waals surface area contributed by atoms with Gasteiger partial charge in [-0.25, -0.2) is 4.57 Å². The van der Waals surface area contributed by atoms with E-state index in [1.807, 2.05) is 26.2 Å². The van der Waals surface area contributed by atoms with Gasteiger partial charge in [0, 0.05) is 19.4 Å². The maximum absolute atomic E-state index is 12.7. The number of carbonyl (C=O) groups is 2. The highest BCUT2D eigenvalue weighted by atomic mass is 31.2. The topological polar surface area (TPSA) is 112 Å². The summed E-state index contributed by atoms with van der Waals surface area (Å²) >= 11 is 0. The third-order valence-corrected chi connectivity index (χ3v) is 9.56. The van der Waals surface area contributed by atoms with Crippen LogP contribution in [0.4, 0.5) is 0 Å². The lowest BCUT2D eigenvalue weighted by Crippen LogP contribution is -2.29. The Labute approximate surface area is 359 Å². The molecule has 0 aliphatic carbocycles. The Morgan fingerprint density at radius 3 is 1.49 bits per heavy atom. The van der Waals surface area contributed by atoms with Gasteiger partial charge in [-0.1, -0.05) is 149 Å². The summed E-state index contributed by atoms with van der Waals surface area (Å²) in [6.45, 7) is 4.04. The summed E-state index contributed by atoms with van der Waals surface area (Å²) in [5.74, 6) is -0.938. The Balaban J connectivity index is 4.48. The number of hydrogen-bond donors (Lipinski definition) is 1. The first kappa shape index (κ1) is 55.7. The molecule has 0 bridgehead atoms. The Bertz CT molecular complexity index is 1340. The summed E-state index contributed by atoms with van der Waals surface area (Å²) in [6, 6.07) is 0. The summed E-state index contributed by atoms with van der Waals surface area (Å²) in [7, 11) is -0.772. The van der Waals surface area contributed by atoms with Gasteiger partial charge in [0.1, 0.15) is 6.61 Å². The molecule has 2 unspecified atom stereocenters. The number of nitrogens with zero attached hydrogens (tertiary/aromatic N) is 1. The van der Waals surface area contributed by atoms with E-state index in [2.05, 4.69) is 111 Å². The van der Waals surface area contributed by atoms with Crippen molar-refractivity contribution in [3.63, 3.8) is 0 Å². The van der Waals surface area contributed by atoms with Crippen LogP contribution in [0.3, 0.4) is 0 Å². The zero-order chi connectivity index (χ0) is 43.3. The molecule has 0 saturated heterocycles. The van der Waals surface area contributed by atoms with Gasteiger partial charge in [0.15, 0.2) is 6.10 Å². The Kier molecular flexibility index (Phi) is 40.4. The number of rotatable bonds is 39. The molecule has 334 valence electrons. The SMILES string of the molecule is CC/C=C\C/C=C\C/C=C\C/C=C\C/C=C\C/C=C\CCC(=O)OCC(COP(=O)(O)OCCN(C)C)OC(=O)CCCCCC/C=C\C/C=C\C/C=C\CCCCC. The first-order valence-electron chi connectivity index (χ1n) is 22.2. The minimum Gasteiger partial charge on any atom is -0.462 e. The van der Waals surface area contributed by atoms with Crippen molar-refractivity contribution < 1.29 is 37.6 Å². The average molecular weight is 842 g/mol. The van der Waals surface area contributed by atoms with E-state index in [0.717, 1.165) is 77.0 Å². The third kappa shape index (κ3) is 44.1. The smallest absolute Gasteiger partial charge is 0.462 e. The standard InChI is InChI=1S/C49H80NO8P/c1-5-7-9-11-13-15-17-19-21-23-24-26-27-29-31-33-35-37-39-41-48(51)55-45-47(46-57-59(53,54)56-44-43-50(3)4)58-49(52)42-40-38-36-34-32-30-28-25-22-20-18-16-14-12-10-8-6-2/h7,9,13-16,19-22,24,26,28-31,35,37,47H,5-6,8,10-12,17-18,23,25,27,32-34,36,38-46H2,1-4H3,(H,53,54)/b9-7-,15-13-,16-14-,21-19-,22-20-,26-24-,30-28-,31-29-,37-35-. The van der Waals surface area contributed by atoms with Crippen LogP contribution in [0.1, 0.15) is 142 Å². The van der Waals surface area contributed by atoms with Crippen molar-refractivity contribution in [1.82, 2.24) is 4.90 Å². The maximum atomic E-state index is 12.7. The summed E-state index contributed by atoms with van der Waals surface area (Å²) in [4.78, 5) is 37.0. The van der Waals surface area contributed by atoms with Crippen molar-refractivity contribution in [3.8, 4) is 0 Å². The molecule has 0 aromatic heterocycles. The van der Waals surface area contributed by atoms with E-state index in [-0.39, 0.29) is 26.1 Å².